The molecule has 0 bridgehead atoms. The monoisotopic (exact) mass is 408 g/mol. The van der Waals surface area contributed by atoms with Crippen LogP contribution in [0.5, 0.6) is 5.75 Å². The smallest absolute Gasteiger partial charge is 0.410 e. The van der Waals surface area contributed by atoms with E-state index in [0.29, 0.717) is 22.7 Å². The molecule has 2 atom stereocenters. The van der Waals surface area contributed by atoms with Gasteiger partial charge in [-0.1, -0.05) is 17.3 Å². The van der Waals surface area contributed by atoms with Crippen molar-refractivity contribution in [3.05, 3.63) is 41.6 Å². The van der Waals surface area contributed by atoms with Crippen LogP contribution in [0.3, 0.4) is 0 Å². The summed E-state index contributed by atoms with van der Waals surface area (Å²) in [6.45, 7) is 1.52. The molecule has 0 radical (unpaired) electrons. The van der Waals surface area contributed by atoms with Gasteiger partial charge in [-0.2, -0.15) is 18.3 Å². The van der Waals surface area contributed by atoms with Crippen molar-refractivity contribution in [1.29, 1.82) is 0 Å². The van der Waals surface area contributed by atoms with Crippen molar-refractivity contribution in [2.24, 2.45) is 5.16 Å². The number of alkyl halides is 3. The predicted octanol–water partition coefficient (Wildman–Crippen LogP) is 3.23. The van der Waals surface area contributed by atoms with Gasteiger partial charge in [0, 0.05) is 24.6 Å². The Bertz CT molecular complexity index is 970. The Morgan fingerprint density at radius 3 is 2.79 bits per heavy atom. The van der Waals surface area contributed by atoms with Crippen LogP contribution in [0, 0.1) is 6.92 Å². The Morgan fingerprint density at radius 1 is 1.31 bits per heavy atom. The summed E-state index contributed by atoms with van der Waals surface area (Å²) in [4.78, 5) is 19.7. The van der Waals surface area contributed by atoms with Crippen LogP contribution in [0.15, 0.2) is 35.5 Å². The van der Waals surface area contributed by atoms with Gasteiger partial charge in [0.05, 0.1) is 18.5 Å². The van der Waals surface area contributed by atoms with E-state index >= 15 is 0 Å². The summed E-state index contributed by atoms with van der Waals surface area (Å²) in [5.74, 6) is 0.276. The highest BCUT2D eigenvalue weighted by Crippen LogP contribution is 2.40. The number of rotatable bonds is 3. The minimum absolute atomic E-state index is 0.0714. The van der Waals surface area contributed by atoms with Crippen LogP contribution in [0.25, 0.3) is 0 Å². The molecule has 29 heavy (non-hydrogen) atoms. The maximum atomic E-state index is 13.3. The first kappa shape index (κ1) is 19.3. The first-order valence-electron chi connectivity index (χ1n) is 9.10. The number of para-hydroxylation sites is 1. The molecule has 2 aliphatic heterocycles. The molecule has 0 unspecified atom stereocenters. The van der Waals surface area contributed by atoms with Gasteiger partial charge < -0.3 is 9.57 Å². The van der Waals surface area contributed by atoms with Crippen molar-refractivity contribution in [2.75, 3.05) is 18.6 Å². The lowest BCUT2D eigenvalue weighted by Crippen LogP contribution is -2.47. The normalized spacial score (nSPS) is 21.4. The van der Waals surface area contributed by atoms with Gasteiger partial charge >= 0.3 is 6.18 Å². The molecule has 0 saturated heterocycles. The second-order valence-corrected chi connectivity index (χ2v) is 6.96. The average Bonchev–Trinajstić information content (AvgIpc) is 3.32. The fraction of sp³-hybridized carbons (Fsp3) is 0.421. The fourth-order valence-electron chi connectivity index (χ4n) is 3.67. The number of carbonyl (C=O) groups is 1. The van der Waals surface area contributed by atoms with E-state index in [0.717, 1.165) is 4.68 Å². The lowest BCUT2D eigenvalue weighted by atomic mass is 10.0. The molecule has 0 spiro atoms. The molecular formula is C19H19F3N4O3. The van der Waals surface area contributed by atoms with E-state index in [1.807, 2.05) is 12.1 Å². The van der Waals surface area contributed by atoms with E-state index in [2.05, 4.69) is 10.3 Å². The maximum Gasteiger partial charge on any atom is 0.410 e. The molecule has 1 amide bonds. The van der Waals surface area contributed by atoms with Gasteiger partial charge in [0.15, 0.2) is 6.04 Å². The van der Waals surface area contributed by atoms with Gasteiger partial charge in [-0.05, 0) is 25.5 Å². The van der Waals surface area contributed by atoms with Gasteiger partial charge in [0.1, 0.15) is 11.6 Å². The number of methoxy groups -OCH3 is 1. The molecule has 2 aliphatic rings. The molecule has 1 aromatic carbocycles. The molecule has 3 heterocycles. The number of fused-ring (bicyclic) bond motifs is 1. The summed E-state index contributed by atoms with van der Waals surface area (Å²) < 4.78 is 46.2. The van der Waals surface area contributed by atoms with Crippen molar-refractivity contribution in [3.8, 4) is 5.75 Å². The van der Waals surface area contributed by atoms with E-state index in [1.165, 1.54) is 18.1 Å². The Kier molecular flexibility index (Phi) is 4.71. The first-order chi connectivity index (χ1) is 13.8. The number of amides is 1. The number of anilines is 1. The third-order valence-corrected chi connectivity index (χ3v) is 5.04. The molecule has 0 N–H and O–H groups in total. The van der Waals surface area contributed by atoms with Crippen LogP contribution >= 0.6 is 0 Å². The maximum absolute atomic E-state index is 13.3. The molecule has 0 aliphatic carbocycles. The fourth-order valence-corrected chi connectivity index (χ4v) is 3.67. The zero-order chi connectivity index (χ0) is 20.8. The second-order valence-electron chi connectivity index (χ2n) is 6.96. The Balaban J connectivity index is 1.55. The summed E-state index contributed by atoms with van der Waals surface area (Å²) in [5.41, 5.74) is 1.67. The number of benzene rings is 1. The van der Waals surface area contributed by atoms with Crippen LogP contribution in [0.2, 0.25) is 0 Å². The lowest BCUT2D eigenvalue weighted by molar-refractivity contribution is -0.173. The summed E-state index contributed by atoms with van der Waals surface area (Å²) in [6.07, 6.45) is -5.42. The van der Waals surface area contributed by atoms with Crippen LogP contribution < -0.4 is 9.64 Å². The number of aromatic nitrogens is 2. The van der Waals surface area contributed by atoms with Crippen LogP contribution in [0.1, 0.15) is 30.1 Å². The number of nitrogens with zero attached hydrogens (tertiary/aromatic N) is 4. The lowest BCUT2D eigenvalue weighted by Gasteiger charge is -2.34. The molecule has 0 fully saturated rings. The summed E-state index contributed by atoms with van der Waals surface area (Å²) >= 11 is 0. The highest BCUT2D eigenvalue weighted by Gasteiger charge is 2.47. The van der Waals surface area contributed by atoms with Gasteiger partial charge in [0.25, 0.3) is 5.91 Å². The number of hydrogen-bond donors (Lipinski definition) is 0. The third-order valence-electron chi connectivity index (χ3n) is 5.04. The number of hydrogen-bond acceptors (Lipinski definition) is 5. The van der Waals surface area contributed by atoms with Gasteiger partial charge in [-0.25, -0.2) is 4.68 Å². The second kappa shape index (κ2) is 7.09. The number of aryl methyl sites for hydroxylation is 1. The molecule has 0 saturated carbocycles. The van der Waals surface area contributed by atoms with Gasteiger partial charge in [-0.3, -0.25) is 9.69 Å². The van der Waals surface area contributed by atoms with Crippen molar-refractivity contribution >= 4 is 17.4 Å². The quantitative estimate of drug-likeness (QED) is 0.782. The third kappa shape index (κ3) is 3.43. The number of carbonyl (C=O) groups excluding carboxylic acids is 1. The van der Waals surface area contributed by atoms with Gasteiger partial charge in [-0.15, -0.1) is 0 Å². The Hall–Kier alpha value is -3.04. The Morgan fingerprint density at radius 2 is 2.07 bits per heavy atom. The van der Waals surface area contributed by atoms with Crippen LogP contribution in [-0.2, 0) is 9.63 Å². The largest absolute Gasteiger partial charge is 0.496 e. The van der Waals surface area contributed by atoms with Crippen molar-refractivity contribution < 1.29 is 27.5 Å². The van der Waals surface area contributed by atoms with Crippen LogP contribution in [-0.4, -0.2) is 47.3 Å². The molecular weight excluding hydrogens is 389 g/mol. The molecule has 4 rings (SSSR count). The molecule has 2 aromatic rings. The molecule has 10 heteroatoms. The number of ether oxygens (including phenoxy) is 1. The molecule has 7 nitrogen and oxygen atoms in total. The minimum Gasteiger partial charge on any atom is -0.496 e. The van der Waals surface area contributed by atoms with E-state index in [9.17, 15) is 18.0 Å². The van der Waals surface area contributed by atoms with Crippen molar-refractivity contribution in [1.82, 2.24) is 9.78 Å². The zero-order valence-electron chi connectivity index (χ0n) is 15.8. The van der Waals surface area contributed by atoms with Crippen molar-refractivity contribution in [2.45, 2.75) is 38.1 Å². The first-order valence-corrected chi connectivity index (χ1v) is 9.10. The van der Waals surface area contributed by atoms with Crippen molar-refractivity contribution in [3.63, 3.8) is 0 Å². The highest BCUT2D eigenvalue weighted by atomic mass is 19.4. The van der Waals surface area contributed by atoms with E-state index < -0.39 is 24.2 Å². The SMILES string of the molecule is COc1ccccc1C1=NO[C@H](C(=O)N2CC[C@H](C(F)(F)F)n3nc(C)cc32)C1. The van der Waals surface area contributed by atoms with Crippen LogP contribution in [0.4, 0.5) is 19.0 Å². The summed E-state index contributed by atoms with van der Waals surface area (Å²) in [6, 6.07) is 6.94. The molecule has 1 aromatic heterocycles. The standard InChI is InChI=1S/C19H19F3N4O3/c1-11-9-17-25(8-7-16(19(20,21)22)26(17)23-11)18(27)15-10-13(24-29-15)12-5-3-4-6-14(12)28-2/h3-6,9,15-16H,7-8,10H2,1-2H3/t15-,16+/m0/s1. The summed E-state index contributed by atoms with van der Waals surface area (Å²) in [7, 11) is 1.53. The van der Waals surface area contributed by atoms with E-state index in [1.54, 1.807) is 19.1 Å². The topological polar surface area (TPSA) is 69.0 Å². The zero-order valence-corrected chi connectivity index (χ0v) is 15.8. The Labute approximate surface area is 164 Å². The van der Waals surface area contributed by atoms with E-state index in [4.69, 9.17) is 9.57 Å². The number of halogens is 3. The predicted molar refractivity (Wildman–Crippen MR) is 98.0 cm³/mol. The molecule has 154 valence electrons. The van der Waals surface area contributed by atoms with E-state index in [-0.39, 0.29) is 25.2 Å². The van der Waals surface area contributed by atoms with Gasteiger partial charge in [0.2, 0.25) is 6.10 Å². The average molecular weight is 408 g/mol. The summed E-state index contributed by atoms with van der Waals surface area (Å²) in [5, 5.41) is 7.97. The highest BCUT2D eigenvalue weighted by molar-refractivity contribution is 6.08. The number of oxime groups is 1. The minimum atomic E-state index is -4.44.